The van der Waals surface area contributed by atoms with Gasteiger partial charge in [0.05, 0.1) is 6.54 Å². The van der Waals surface area contributed by atoms with Gasteiger partial charge in [0.15, 0.2) is 0 Å². The first kappa shape index (κ1) is 16.3. The van der Waals surface area contributed by atoms with Crippen molar-refractivity contribution in [3.63, 3.8) is 0 Å². The van der Waals surface area contributed by atoms with E-state index in [-0.39, 0.29) is 0 Å². The van der Waals surface area contributed by atoms with Crippen LogP contribution < -0.4 is 5.32 Å². The van der Waals surface area contributed by atoms with Gasteiger partial charge in [0.25, 0.3) is 0 Å². The molecule has 22 heavy (non-hydrogen) atoms. The molecule has 2 heterocycles. The maximum Gasteiger partial charge on any atom is 0.236 e. The quantitative estimate of drug-likeness (QED) is 0.817. The van der Waals surface area contributed by atoms with Crippen molar-refractivity contribution in [3.05, 3.63) is 0 Å². The first-order valence-electron chi connectivity index (χ1n) is 9.51. The van der Waals surface area contributed by atoms with Gasteiger partial charge in [0, 0.05) is 31.7 Å². The summed E-state index contributed by atoms with van der Waals surface area (Å²) < 4.78 is 0. The van der Waals surface area contributed by atoms with Crippen LogP contribution in [-0.2, 0) is 4.79 Å². The summed E-state index contributed by atoms with van der Waals surface area (Å²) in [5.41, 5.74) is 0. The molecular weight excluding hydrogens is 274 g/mol. The Labute approximate surface area is 135 Å². The van der Waals surface area contributed by atoms with E-state index in [4.69, 9.17) is 0 Å². The summed E-state index contributed by atoms with van der Waals surface area (Å²) in [5, 5.41) is 3.71. The van der Waals surface area contributed by atoms with Gasteiger partial charge in [-0.15, -0.1) is 0 Å². The Morgan fingerprint density at radius 1 is 1.05 bits per heavy atom. The normalized spacial score (nSPS) is 28.0. The van der Waals surface area contributed by atoms with Crippen LogP contribution in [0.4, 0.5) is 0 Å². The highest BCUT2D eigenvalue weighted by Crippen LogP contribution is 2.28. The van der Waals surface area contributed by atoms with Gasteiger partial charge >= 0.3 is 0 Å². The van der Waals surface area contributed by atoms with Crippen molar-refractivity contribution in [1.29, 1.82) is 0 Å². The Bertz CT molecular complexity index is 361. The monoisotopic (exact) mass is 307 g/mol. The predicted molar refractivity (Wildman–Crippen MR) is 89.8 cm³/mol. The van der Waals surface area contributed by atoms with Crippen molar-refractivity contribution in [3.8, 4) is 0 Å². The minimum atomic E-state index is 0.371. The lowest BCUT2D eigenvalue weighted by Crippen LogP contribution is -2.50. The Balaban J connectivity index is 1.38. The molecule has 1 aliphatic carbocycles. The molecule has 0 radical (unpaired) electrons. The molecule has 3 fully saturated rings. The van der Waals surface area contributed by atoms with Gasteiger partial charge in [-0.1, -0.05) is 6.92 Å². The third kappa shape index (κ3) is 4.45. The molecule has 1 amide bonds. The number of nitrogens with zero attached hydrogens (tertiary/aromatic N) is 2. The fourth-order valence-corrected chi connectivity index (χ4v) is 3.99. The van der Waals surface area contributed by atoms with E-state index < -0.39 is 0 Å². The standard InChI is InChI=1S/C18H33N3O/c1-2-17-5-3-4-10-21(17)18(22)14-20-11-8-16(9-12-20)19-13-15-6-7-15/h15-17,19H,2-14H2,1H3. The average molecular weight is 307 g/mol. The summed E-state index contributed by atoms with van der Waals surface area (Å²) in [4.78, 5) is 17.2. The number of amides is 1. The van der Waals surface area contributed by atoms with Crippen LogP contribution >= 0.6 is 0 Å². The van der Waals surface area contributed by atoms with Crippen LogP contribution in [0.5, 0.6) is 0 Å². The zero-order valence-corrected chi connectivity index (χ0v) is 14.2. The number of nitrogens with one attached hydrogen (secondary N) is 1. The molecule has 126 valence electrons. The highest BCUT2D eigenvalue weighted by atomic mass is 16.2. The van der Waals surface area contributed by atoms with Gasteiger partial charge in [0.2, 0.25) is 5.91 Å². The second-order valence-corrected chi connectivity index (χ2v) is 7.55. The van der Waals surface area contributed by atoms with Crippen LogP contribution in [0, 0.1) is 5.92 Å². The lowest BCUT2D eigenvalue weighted by atomic mass is 9.99. The van der Waals surface area contributed by atoms with Crippen LogP contribution in [0.2, 0.25) is 0 Å². The van der Waals surface area contributed by atoms with Crippen LogP contribution in [0.25, 0.3) is 0 Å². The molecule has 1 atom stereocenters. The summed E-state index contributed by atoms with van der Waals surface area (Å²) in [5.74, 6) is 1.33. The second kappa shape index (κ2) is 7.78. The van der Waals surface area contributed by atoms with E-state index in [2.05, 4.69) is 22.0 Å². The molecule has 0 bridgehead atoms. The Morgan fingerprint density at radius 2 is 1.82 bits per heavy atom. The molecule has 2 aliphatic heterocycles. The summed E-state index contributed by atoms with van der Waals surface area (Å²) in [7, 11) is 0. The van der Waals surface area contributed by atoms with Crippen LogP contribution in [-0.4, -0.2) is 60.5 Å². The fourth-order valence-electron chi connectivity index (χ4n) is 3.99. The Kier molecular flexibility index (Phi) is 5.75. The maximum absolute atomic E-state index is 12.6. The number of piperidine rings is 2. The number of rotatable bonds is 6. The van der Waals surface area contributed by atoms with Crippen molar-refractivity contribution in [2.75, 3.05) is 32.7 Å². The second-order valence-electron chi connectivity index (χ2n) is 7.55. The van der Waals surface area contributed by atoms with Crippen molar-refractivity contribution >= 4 is 5.91 Å². The molecule has 4 nitrogen and oxygen atoms in total. The smallest absolute Gasteiger partial charge is 0.236 e. The zero-order chi connectivity index (χ0) is 15.4. The van der Waals surface area contributed by atoms with E-state index >= 15 is 0 Å². The summed E-state index contributed by atoms with van der Waals surface area (Å²) in [6, 6.07) is 1.18. The SMILES string of the molecule is CCC1CCCCN1C(=O)CN1CCC(NCC2CC2)CC1. The molecule has 0 aromatic rings. The summed E-state index contributed by atoms with van der Waals surface area (Å²) in [6.45, 7) is 7.23. The van der Waals surface area contributed by atoms with Gasteiger partial charge in [0.1, 0.15) is 0 Å². The Morgan fingerprint density at radius 3 is 2.50 bits per heavy atom. The molecule has 1 unspecified atom stereocenters. The number of carbonyl (C=O) groups is 1. The molecule has 2 saturated heterocycles. The molecule has 0 aromatic heterocycles. The van der Waals surface area contributed by atoms with Gasteiger partial charge in [-0.3, -0.25) is 9.69 Å². The molecule has 1 N–H and O–H groups in total. The summed E-state index contributed by atoms with van der Waals surface area (Å²) >= 11 is 0. The van der Waals surface area contributed by atoms with E-state index in [9.17, 15) is 4.79 Å². The maximum atomic E-state index is 12.6. The highest BCUT2D eigenvalue weighted by molar-refractivity contribution is 5.78. The van der Waals surface area contributed by atoms with Gasteiger partial charge in [-0.25, -0.2) is 0 Å². The lowest BCUT2D eigenvalue weighted by Gasteiger charge is -2.38. The van der Waals surface area contributed by atoms with E-state index in [1.54, 1.807) is 0 Å². The topological polar surface area (TPSA) is 35.6 Å². The number of likely N-dealkylation sites (tertiary alicyclic amines) is 2. The van der Waals surface area contributed by atoms with Crippen molar-refractivity contribution < 1.29 is 4.79 Å². The highest BCUT2D eigenvalue weighted by Gasteiger charge is 2.28. The average Bonchev–Trinajstić information content (AvgIpc) is 3.38. The van der Waals surface area contributed by atoms with E-state index in [1.165, 1.54) is 51.5 Å². The van der Waals surface area contributed by atoms with Gasteiger partial charge in [-0.05, 0) is 63.8 Å². The minimum absolute atomic E-state index is 0.371. The molecular formula is C18H33N3O. The molecule has 1 saturated carbocycles. The van der Waals surface area contributed by atoms with E-state index in [0.717, 1.165) is 32.0 Å². The molecule has 0 aromatic carbocycles. The zero-order valence-electron chi connectivity index (χ0n) is 14.2. The number of carbonyl (C=O) groups excluding carboxylic acids is 1. The van der Waals surface area contributed by atoms with Crippen molar-refractivity contribution in [2.24, 2.45) is 5.92 Å². The van der Waals surface area contributed by atoms with Crippen LogP contribution in [0.15, 0.2) is 0 Å². The van der Waals surface area contributed by atoms with Gasteiger partial charge in [-0.2, -0.15) is 0 Å². The van der Waals surface area contributed by atoms with E-state index in [0.29, 0.717) is 24.5 Å². The first-order valence-corrected chi connectivity index (χ1v) is 9.51. The van der Waals surface area contributed by atoms with Crippen molar-refractivity contribution in [1.82, 2.24) is 15.1 Å². The fraction of sp³-hybridized carbons (Fsp3) is 0.944. The Hall–Kier alpha value is -0.610. The third-order valence-corrected chi connectivity index (χ3v) is 5.76. The summed E-state index contributed by atoms with van der Waals surface area (Å²) in [6.07, 6.45) is 10.1. The minimum Gasteiger partial charge on any atom is -0.339 e. The largest absolute Gasteiger partial charge is 0.339 e. The molecule has 3 aliphatic rings. The third-order valence-electron chi connectivity index (χ3n) is 5.76. The lowest BCUT2D eigenvalue weighted by molar-refractivity contribution is -0.136. The molecule has 4 heteroatoms. The molecule has 3 rings (SSSR count). The predicted octanol–water partition coefficient (Wildman–Crippen LogP) is 2.24. The first-order chi connectivity index (χ1) is 10.8. The van der Waals surface area contributed by atoms with Crippen molar-refractivity contribution in [2.45, 2.75) is 70.4 Å². The number of hydrogen-bond acceptors (Lipinski definition) is 3. The molecule has 0 spiro atoms. The van der Waals surface area contributed by atoms with Gasteiger partial charge < -0.3 is 10.2 Å². The van der Waals surface area contributed by atoms with Crippen LogP contribution in [0.3, 0.4) is 0 Å². The number of hydrogen-bond donors (Lipinski definition) is 1. The van der Waals surface area contributed by atoms with E-state index in [1.807, 2.05) is 0 Å². The van der Waals surface area contributed by atoms with Crippen LogP contribution in [0.1, 0.15) is 58.3 Å².